The smallest absolute Gasteiger partial charge is 0.268 e. The predicted molar refractivity (Wildman–Crippen MR) is 129 cm³/mol. The Morgan fingerprint density at radius 1 is 1.06 bits per heavy atom. The Labute approximate surface area is 194 Å². The number of benzene rings is 3. The van der Waals surface area contributed by atoms with Gasteiger partial charge in [-0.05, 0) is 66.8 Å². The minimum Gasteiger partial charge on any atom is -0.490 e. The molecule has 0 saturated carbocycles. The molecular weight excluding hydrogens is 412 g/mol. The first-order valence-corrected chi connectivity index (χ1v) is 11.1. The van der Waals surface area contributed by atoms with Gasteiger partial charge in [-0.1, -0.05) is 48.5 Å². The number of rotatable bonds is 7. The zero-order valence-corrected chi connectivity index (χ0v) is 18.9. The van der Waals surface area contributed by atoms with Crippen LogP contribution in [-0.4, -0.2) is 19.1 Å². The fourth-order valence-electron chi connectivity index (χ4n) is 3.93. The molecule has 4 rings (SSSR count). The van der Waals surface area contributed by atoms with Crippen LogP contribution in [0.25, 0.3) is 6.08 Å². The summed E-state index contributed by atoms with van der Waals surface area (Å²) in [5.74, 6) is 0.909. The van der Waals surface area contributed by atoms with Gasteiger partial charge in [0.2, 0.25) is 0 Å². The molecule has 0 bridgehead atoms. The van der Waals surface area contributed by atoms with Gasteiger partial charge in [-0.2, -0.15) is 5.26 Å². The topological polar surface area (TPSA) is 62.6 Å². The van der Waals surface area contributed by atoms with Crippen molar-refractivity contribution < 1.29 is 14.3 Å². The van der Waals surface area contributed by atoms with E-state index < -0.39 is 0 Å². The van der Waals surface area contributed by atoms with Gasteiger partial charge in [0.15, 0.2) is 11.5 Å². The van der Waals surface area contributed by atoms with Gasteiger partial charge in [-0.25, -0.2) is 0 Å². The average Bonchev–Trinajstić information content (AvgIpc) is 3.27. The number of carbonyl (C=O) groups is 1. The van der Waals surface area contributed by atoms with Crippen LogP contribution < -0.4 is 14.4 Å². The second kappa shape index (κ2) is 10.1. The van der Waals surface area contributed by atoms with Crippen molar-refractivity contribution in [3.8, 4) is 17.6 Å². The van der Waals surface area contributed by atoms with Gasteiger partial charge in [0.1, 0.15) is 18.2 Å². The van der Waals surface area contributed by atoms with Gasteiger partial charge in [-0.15, -0.1) is 0 Å². The molecular formula is C28H26N2O3. The van der Waals surface area contributed by atoms with Crippen LogP contribution in [0.5, 0.6) is 11.5 Å². The monoisotopic (exact) mass is 438 g/mol. The normalized spacial score (nSPS) is 12.8. The molecule has 33 heavy (non-hydrogen) atoms. The molecule has 0 atom stereocenters. The van der Waals surface area contributed by atoms with E-state index in [4.69, 9.17) is 9.47 Å². The Morgan fingerprint density at radius 2 is 1.85 bits per heavy atom. The summed E-state index contributed by atoms with van der Waals surface area (Å²) in [6.45, 7) is 5.44. The standard InChI is InChI=1S/C28H26N2O3/c1-3-32-27-17-21(12-13-26(27)33-19-23-10-5-4-8-20(23)2)16-24(18-29)28(31)30-15-14-22-9-6-7-11-25(22)30/h4-13,16-17H,3,14-15,19H2,1-2H3/b24-16+. The van der Waals surface area contributed by atoms with Gasteiger partial charge in [0.25, 0.3) is 5.91 Å². The van der Waals surface area contributed by atoms with Crippen LogP contribution in [0.3, 0.4) is 0 Å². The highest BCUT2D eigenvalue weighted by Gasteiger charge is 2.26. The zero-order chi connectivity index (χ0) is 23.2. The number of hydrogen-bond donors (Lipinski definition) is 0. The van der Waals surface area contributed by atoms with E-state index in [1.54, 1.807) is 17.0 Å². The highest BCUT2D eigenvalue weighted by Crippen LogP contribution is 2.32. The second-order valence-corrected chi connectivity index (χ2v) is 7.86. The minimum absolute atomic E-state index is 0.0859. The zero-order valence-electron chi connectivity index (χ0n) is 18.9. The fourth-order valence-corrected chi connectivity index (χ4v) is 3.93. The number of carbonyl (C=O) groups excluding carboxylic acids is 1. The molecule has 5 heteroatoms. The summed E-state index contributed by atoms with van der Waals surface area (Å²) in [5, 5.41) is 9.71. The summed E-state index contributed by atoms with van der Waals surface area (Å²) in [6.07, 6.45) is 2.40. The second-order valence-electron chi connectivity index (χ2n) is 7.86. The van der Waals surface area contributed by atoms with Crippen LogP contribution in [0, 0.1) is 18.3 Å². The molecule has 3 aromatic carbocycles. The van der Waals surface area contributed by atoms with Gasteiger partial charge in [0, 0.05) is 12.2 Å². The lowest BCUT2D eigenvalue weighted by molar-refractivity contribution is -0.114. The lowest BCUT2D eigenvalue weighted by atomic mass is 10.1. The molecule has 0 saturated heterocycles. The van der Waals surface area contributed by atoms with Crippen LogP contribution in [0.4, 0.5) is 5.69 Å². The number of para-hydroxylation sites is 1. The summed E-state index contributed by atoms with van der Waals surface area (Å²) in [7, 11) is 0. The fraction of sp³-hybridized carbons (Fsp3) is 0.214. The number of nitriles is 1. The molecule has 0 aromatic heterocycles. The van der Waals surface area contributed by atoms with E-state index in [0.29, 0.717) is 36.8 Å². The van der Waals surface area contributed by atoms with Crippen LogP contribution in [-0.2, 0) is 17.8 Å². The Balaban J connectivity index is 1.56. The highest BCUT2D eigenvalue weighted by molar-refractivity contribution is 6.12. The van der Waals surface area contributed by atoms with Gasteiger partial charge < -0.3 is 14.4 Å². The van der Waals surface area contributed by atoms with E-state index in [2.05, 4.69) is 19.1 Å². The van der Waals surface area contributed by atoms with Crippen LogP contribution >= 0.6 is 0 Å². The molecule has 0 fully saturated rings. The largest absolute Gasteiger partial charge is 0.490 e. The first-order chi connectivity index (χ1) is 16.1. The quantitative estimate of drug-likeness (QED) is 0.363. The maximum absolute atomic E-state index is 13.1. The van der Waals surface area contributed by atoms with E-state index in [9.17, 15) is 10.1 Å². The Kier molecular flexibility index (Phi) is 6.75. The number of ether oxygens (including phenoxy) is 2. The molecule has 5 nitrogen and oxygen atoms in total. The molecule has 1 amide bonds. The number of anilines is 1. The van der Waals surface area contributed by atoms with Crippen molar-refractivity contribution in [2.75, 3.05) is 18.1 Å². The summed E-state index contributed by atoms with van der Waals surface area (Å²) >= 11 is 0. The molecule has 1 heterocycles. The van der Waals surface area contributed by atoms with Crippen molar-refractivity contribution in [3.05, 3.63) is 94.6 Å². The van der Waals surface area contributed by atoms with Gasteiger partial charge in [-0.3, -0.25) is 4.79 Å². The molecule has 1 aliphatic heterocycles. The predicted octanol–water partition coefficient (Wildman–Crippen LogP) is 5.47. The summed E-state index contributed by atoms with van der Waals surface area (Å²) in [4.78, 5) is 14.8. The maximum atomic E-state index is 13.1. The van der Waals surface area contributed by atoms with Gasteiger partial charge >= 0.3 is 0 Å². The number of fused-ring (bicyclic) bond motifs is 1. The number of hydrogen-bond acceptors (Lipinski definition) is 4. The first-order valence-electron chi connectivity index (χ1n) is 11.1. The third kappa shape index (κ3) is 4.91. The van der Waals surface area contributed by atoms with E-state index in [1.807, 2.05) is 61.5 Å². The Hall–Kier alpha value is -4.04. The van der Waals surface area contributed by atoms with Crippen molar-refractivity contribution in [2.45, 2.75) is 26.9 Å². The third-order valence-corrected chi connectivity index (χ3v) is 5.71. The van der Waals surface area contributed by atoms with Crippen molar-refractivity contribution >= 4 is 17.7 Å². The van der Waals surface area contributed by atoms with E-state index in [0.717, 1.165) is 28.8 Å². The molecule has 166 valence electrons. The van der Waals surface area contributed by atoms with E-state index in [1.165, 1.54) is 0 Å². The minimum atomic E-state index is -0.291. The van der Waals surface area contributed by atoms with Crippen LogP contribution in [0.1, 0.15) is 29.2 Å². The third-order valence-electron chi connectivity index (χ3n) is 5.71. The van der Waals surface area contributed by atoms with E-state index >= 15 is 0 Å². The molecule has 1 aliphatic rings. The van der Waals surface area contributed by atoms with Crippen LogP contribution in [0.15, 0.2) is 72.3 Å². The molecule has 0 unspecified atom stereocenters. The number of aryl methyl sites for hydroxylation is 1. The molecule has 0 radical (unpaired) electrons. The van der Waals surface area contributed by atoms with Crippen LogP contribution in [0.2, 0.25) is 0 Å². The molecule has 0 spiro atoms. The van der Waals surface area contributed by atoms with Crippen molar-refractivity contribution in [1.82, 2.24) is 0 Å². The van der Waals surface area contributed by atoms with Crippen molar-refractivity contribution in [3.63, 3.8) is 0 Å². The molecule has 3 aromatic rings. The molecule has 0 aliphatic carbocycles. The highest BCUT2D eigenvalue weighted by atomic mass is 16.5. The van der Waals surface area contributed by atoms with Gasteiger partial charge in [0.05, 0.1) is 6.61 Å². The number of nitrogens with zero attached hydrogens (tertiary/aromatic N) is 2. The Bertz CT molecular complexity index is 1240. The van der Waals surface area contributed by atoms with Crippen molar-refractivity contribution in [2.24, 2.45) is 0 Å². The molecule has 0 N–H and O–H groups in total. The van der Waals surface area contributed by atoms with Crippen molar-refractivity contribution in [1.29, 1.82) is 5.26 Å². The first kappa shape index (κ1) is 22.2. The summed E-state index contributed by atoms with van der Waals surface area (Å²) in [5.41, 5.74) is 5.06. The van der Waals surface area contributed by atoms with E-state index in [-0.39, 0.29) is 11.5 Å². The number of amides is 1. The average molecular weight is 439 g/mol. The lowest BCUT2D eigenvalue weighted by Gasteiger charge is -2.17. The Morgan fingerprint density at radius 3 is 2.64 bits per heavy atom. The summed E-state index contributed by atoms with van der Waals surface area (Å²) < 4.78 is 11.8. The summed E-state index contributed by atoms with van der Waals surface area (Å²) in [6, 6.07) is 23.4. The maximum Gasteiger partial charge on any atom is 0.268 e. The SMILES string of the molecule is CCOc1cc(/C=C(\C#N)C(=O)N2CCc3ccccc32)ccc1OCc1ccccc1C. The lowest BCUT2D eigenvalue weighted by Crippen LogP contribution is -2.29.